The van der Waals surface area contributed by atoms with E-state index in [1.165, 1.54) is 5.56 Å². The van der Waals surface area contributed by atoms with E-state index in [4.69, 9.17) is 11.6 Å². The first kappa shape index (κ1) is 17.2. The number of carbonyl (C=O) groups is 1. The molecule has 0 unspecified atom stereocenters. The van der Waals surface area contributed by atoms with Crippen LogP contribution in [0.2, 0.25) is 5.02 Å². The minimum Gasteiger partial charge on any atom is -0.322 e. The number of nitrogens with one attached hydrogen (secondary N) is 1. The van der Waals surface area contributed by atoms with Gasteiger partial charge in [0.1, 0.15) is 0 Å². The zero-order chi connectivity index (χ0) is 18.6. The van der Waals surface area contributed by atoms with Gasteiger partial charge >= 0.3 is 0 Å². The van der Waals surface area contributed by atoms with Crippen LogP contribution in [-0.4, -0.2) is 15.9 Å². The number of rotatable bonds is 4. The zero-order valence-electron chi connectivity index (χ0n) is 14.4. The van der Waals surface area contributed by atoms with Crippen molar-refractivity contribution in [2.75, 3.05) is 5.32 Å². The third kappa shape index (κ3) is 3.81. The third-order valence-corrected chi connectivity index (χ3v) is 4.66. The van der Waals surface area contributed by atoms with Crippen molar-refractivity contribution in [1.29, 1.82) is 0 Å². The van der Waals surface area contributed by atoms with Crippen molar-refractivity contribution in [3.05, 3.63) is 101 Å². The molecule has 0 saturated heterocycles. The number of hydrogen-bond acceptors (Lipinski definition) is 3. The number of halogens is 1. The fourth-order valence-electron chi connectivity index (χ4n) is 2.96. The van der Waals surface area contributed by atoms with Crippen LogP contribution in [0.5, 0.6) is 0 Å². The molecule has 1 amide bonds. The normalized spacial score (nSPS) is 10.7. The molecule has 2 heterocycles. The van der Waals surface area contributed by atoms with Gasteiger partial charge in [0, 0.05) is 29.7 Å². The third-order valence-electron chi connectivity index (χ3n) is 4.33. The van der Waals surface area contributed by atoms with E-state index in [9.17, 15) is 4.79 Å². The van der Waals surface area contributed by atoms with Crippen LogP contribution in [0, 0.1) is 0 Å². The second-order valence-corrected chi connectivity index (χ2v) is 6.59. The van der Waals surface area contributed by atoms with E-state index in [-0.39, 0.29) is 5.91 Å². The molecule has 1 N–H and O–H groups in total. The Kier molecular flexibility index (Phi) is 4.81. The molecule has 0 fully saturated rings. The summed E-state index contributed by atoms with van der Waals surface area (Å²) in [6.45, 7) is 0. The predicted molar refractivity (Wildman–Crippen MR) is 108 cm³/mol. The average Bonchev–Trinajstić information content (AvgIpc) is 2.71. The van der Waals surface area contributed by atoms with Crippen LogP contribution in [0.25, 0.3) is 10.9 Å². The summed E-state index contributed by atoms with van der Waals surface area (Å²) in [7, 11) is 0. The van der Waals surface area contributed by atoms with Crippen molar-refractivity contribution in [3.63, 3.8) is 0 Å². The highest BCUT2D eigenvalue weighted by Gasteiger charge is 2.13. The van der Waals surface area contributed by atoms with Crippen LogP contribution in [-0.2, 0) is 6.42 Å². The topological polar surface area (TPSA) is 54.9 Å². The molecule has 2 aromatic carbocycles. The second kappa shape index (κ2) is 7.56. The van der Waals surface area contributed by atoms with Gasteiger partial charge in [-0.25, -0.2) is 0 Å². The van der Waals surface area contributed by atoms with Gasteiger partial charge in [0.2, 0.25) is 0 Å². The van der Waals surface area contributed by atoms with E-state index in [1.54, 1.807) is 36.8 Å². The van der Waals surface area contributed by atoms with Crippen LogP contribution in [0.15, 0.2) is 79.3 Å². The van der Waals surface area contributed by atoms with Crippen LogP contribution >= 0.6 is 11.6 Å². The zero-order valence-corrected chi connectivity index (χ0v) is 15.1. The maximum absolute atomic E-state index is 12.7. The number of pyridine rings is 2. The number of amides is 1. The molecule has 132 valence electrons. The van der Waals surface area contributed by atoms with Gasteiger partial charge in [-0.15, -0.1) is 0 Å². The molecule has 0 aliphatic rings. The van der Waals surface area contributed by atoms with Gasteiger partial charge in [-0.3, -0.25) is 14.8 Å². The maximum atomic E-state index is 12.7. The molecule has 4 aromatic rings. The van der Waals surface area contributed by atoms with Gasteiger partial charge in [-0.05, 0) is 66.1 Å². The Morgan fingerprint density at radius 1 is 0.889 bits per heavy atom. The lowest BCUT2D eigenvalue weighted by Crippen LogP contribution is -2.12. The molecule has 5 heteroatoms. The standard InChI is InChI=1S/C22H16ClN3O/c23-20-8-7-19(21-18(20)2-1-11-25-21)22(27)26-17-5-3-15(4-6-17)14-16-9-12-24-13-10-16/h1-13H,14H2,(H,26,27). The summed E-state index contributed by atoms with van der Waals surface area (Å²) in [5.41, 5.74) is 4.18. The number of hydrogen-bond donors (Lipinski definition) is 1. The Hall–Kier alpha value is -3.24. The van der Waals surface area contributed by atoms with Crippen molar-refractivity contribution in [3.8, 4) is 0 Å². The van der Waals surface area contributed by atoms with E-state index >= 15 is 0 Å². The number of aromatic nitrogens is 2. The van der Waals surface area contributed by atoms with Crippen LogP contribution in [0.3, 0.4) is 0 Å². The molecular formula is C22H16ClN3O. The average molecular weight is 374 g/mol. The van der Waals surface area contributed by atoms with E-state index < -0.39 is 0 Å². The molecule has 0 atom stereocenters. The van der Waals surface area contributed by atoms with Gasteiger partial charge < -0.3 is 5.32 Å². The van der Waals surface area contributed by atoms with Crippen molar-refractivity contribution >= 4 is 34.1 Å². The SMILES string of the molecule is O=C(Nc1ccc(Cc2ccncc2)cc1)c1ccc(Cl)c2cccnc12. The van der Waals surface area contributed by atoms with E-state index in [0.717, 1.165) is 23.1 Å². The highest BCUT2D eigenvalue weighted by Crippen LogP contribution is 2.25. The van der Waals surface area contributed by atoms with E-state index in [2.05, 4.69) is 15.3 Å². The van der Waals surface area contributed by atoms with Gasteiger partial charge in [0.25, 0.3) is 5.91 Å². The lowest BCUT2D eigenvalue weighted by Gasteiger charge is -2.09. The van der Waals surface area contributed by atoms with Gasteiger partial charge in [0.05, 0.1) is 16.1 Å². The molecule has 0 spiro atoms. The smallest absolute Gasteiger partial charge is 0.257 e. The first-order valence-electron chi connectivity index (χ1n) is 8.53. The van der Waals surface area contributed by atoms with E-state index in [0.29, 0.717) is 16.1 Å². The van der Waals surface area contributed by atoms with Crippen LogP contribution < -0.4 is 5.32 Å². The lowest BCUT2D eigenvalue weighted by atomic mass is 10.1. The fraction of sp³-hybridized carbons (Fsp3) is 0.0455. The largest absolute Gasteiger partial charge is 0.322 e. The lowest BCUT2D eigenvalue weighted by molar-refractivity contribution is 0.102. The highest BCUT2D eigenvalue weighted by molar-refractivity contribution is 6.36. The van der Waals surface area contributed by atoms with Gasteiger partial charge in [-0.2, -0.15) is 0 Å². The minimum atomic E-state index is -0.211. The first-order chi connectivity index (χ1) is 13.2. The number of fused-ring (bicyclic) bond motifs is 1. The maximum Gasteiger partial charge on any atom is 0.257 e. The monoisotopic (exact) mass is 373 g/mol. The van der Waals surface area contributed by atoms with E-state index in [1.807, 2.05) is 42.5 Å². The van der Waals surface area contributed by atoms with Crippen LogP contribution in [0.4, 0.5) is 5.69 Å². The summed E-state index contributed by atoms with van der Waals surface area (Å²) in [6.07, 6.45) is 6.05. The van der Waals surface area contributed by atoms with Crippen molar-refractivity contribution < 1.29 is 4.79 Å². The summed E-state index contributed by atoms with van der Waals surface area (Å²) in [6, 6.07) is 18.9. The van der Waals surface area contributed by atoms with Crippen molar-refractivity contribution in [2.24, 2.45) is 0 Å². The van der Waals surface area contributed by atoms with Crippen molar-refractivity contribution in [2.45, 2.75) is 6.42 Å². The number of carbonyl (C=O) groups excluding carboxylic acids is 1. The summed E-state index contributed by atoms with van der Waals surface area (Å²) in [4.78, 5) is 21.1. The molecule has 4 nitrogen and oxygen atoms in total. The van der Waals surface area contributed by atoms with Gasteiger partial charge in [-0.1, -0.05) is 23.7 Å². The Morgan fingerprint density at radius 2 is 1.63 bits per heavy atom. The Morgan fingerprint density at radius 3 is 2.41 bits per heavy atom. The molecule has 27 heavy (non-hydrogen) atoms. The van der Waals surface area contributed by atoms with Crippen LogP contribution in [0.1, 0.15) is 21.5 Å². The Bertz CT molecular complexity index is 1100. The summed E-state index contributed by atoms with van der Waals surface area (Å²) in [5, 5.41) is 4.27. The highest BCUT2D eigenvalue weighted by atomic mass is 35.5. The van der Waals surface area contributed by atoms with Crippen molar-refractivity contribution in [1.82, 2.24) is 9.97 Å². The number of anilines is 1. The molecule has 0 aliphatic heterocycles. The number of nitrogens with zero attached hydrogens (tertiary/aromatic N) is 2. The minimum absolute atomic E-state index is 0.211. The predicted octanol–water partition coefficient (Wildman–Crippen LogP) is 5.13. The molecule has 0 aliphatic carbocycles. The molecule has 2 aromatic heterocycles. The second-order valence-electron chi connectivity index (χ2n) is 6.18. The summed E-state index contributed by atoms with van der Waals surface area (Å²) in [5.74, 6) is -0.211. The Labute approximate surface area is 161 Å². The summed E-state index contributed by atoms with van der Waals surface area (Å²) >= 11 is 6.20. The Balaban J connectivity index is 1.53. The molecular weight excluding hydrogens is 358 g/mol. The quantitative estimate of drug-likeness (QED) is 0.539. The molecule has 0 saturated carbocycles. The molecule has 0 bridgehead atoms. The number of benzene rings is 2. The molecule has 4 rings (SSSR count). The van der Waals surface area contributed by atoms with Gasteiger partial charge in [0.15, 0.2) is 0 Å². The first-order valence-corrected chi connectivity index (χ1v) is 8.91. The fourth-order valence-corrected chi connectivity index (χ4v) is 3.18. The summed E-state index contributed by atoms with van der Waals surface area (Å²) < 4.78 is 0. The molecule has 0 radical (unpaired) electrons.